The summed E-state index contributed by atoms with van der Waals surface area (Å²) in [4.78, 5) is 20.3. The minimum absolute atomic E-state index is 0.321. The van der Waals surface area contributed by atoms with Crippen LogP contribution in [-0.4, -0.2) is 35.0 Å². The Hall–Kier alpha value is -1.00. The second-order valence-electron chi connectivity index (χ2n) is 7.17. The summed E-state index contributed by atoms with van der Waals surface area (Å²) in [6.07, 6.45) is 18.5. The molecule has 0 bridgehead atoms. The SMILES string of the molecule is O=CC1CCCCC1.O=CC1CCCCC1.OC1C=CC(O)CC1. The minimum Gasteiger partial charge on any atom is -0.389 e. The highest BCUT2D eigenvalue weighted by molar-refractivity contribution is 5.53. The number of aliphatic hydroxyl groups is 2. The van der Waals surface area contributed by atoms with Gasteiger partial charge in [0.25, 0.3) is 0 Å². The Labute approximate surface area is 146 Å². The van der Waals surface area contributed by atoms with Crippen LogP contribution in [0.5, 0.6) is 0 Å². The summed E-state index contributed by atoms with van der Waals surface area (Å²) in [5.74, 6) is 0.812. The molecule has 0 aromatic heterocycles. The highest BCUT2D eigenvalue weighted by Crippen LogP contribution is 2.21. The quantitative estimate of drug-likeness (QED) is 0.596. The number of aliphatic hydroxyl groups excluding tert-OH is 2. The van der Waals surface area contributed by atoms with Crippen LogP contribution in [-0.2, 0) is 9.59 Å². The second-order valence-corrected chi connectivity index (χ2v) is 7.17. The van der Waals surface area contributed by atoms with Crippen molar-refractivity contribution in [1.29, 1.82) is 0 Å². The van der Waals surface area contributed by atoms with Crippen molar-refractivity contribution in [2.24, 2.45) is 11.8 Å². The molecule has 3 aliphatic carbocycles. The van der Waals surface area contributed by atoms with E-state index in [2.05, 4.69) is 0 Å². The van der Waals surface area contributed by atoms with Gasteiger partial charge >= 0.3 is 0 Å². The maximum Gasteiger partial charge on any atom is 0.123 e. The first-order valence-electron chi connectivity index (χ1n) is 9.60. The molecule has 2 atom stereocenters. The Morgan fingerprint density at radius 1 is 0.583 bits per heavy atom. The van der Waals surface area contributed by atoms with E-state index in [1.165, 1.54) is 38.5 Å². The lowest BCUT2D eigenvalue weighted by Crippen LogP contribution is -2.14. The topological polar surface area (TPSA) is 74.6 Å². The average molecular weight is 338 g/mol. The molecule has 4 heteroatoms. The molecule has 0 aromatic carbocycles. The van der Waals surface area contributed by atoms with Crippen LogP contribution in [0.3, 0.4) is 0 Å². The van der Waals surface area contributed by atoms with Gasteiger partial charge in [0.1, 0.15) is 12.6 Å². The zero-order chi connectivity index (χ0) is 17.6. The Balaban J connectivity index is 0.000000180. The summed E-state index contributed by atoms with van der Waals surface area (Å²) in [7, 11) is 0. The van der Waals surface area contributed by atoms with Gasteiger partial charge in [-0.1, -0.05) is 50.7 Å². The number of carbonyl (C=O) groups is 2. The predicted octanol–water partition coefficient (Wildman–Crippen LogP) is 3.59. The maximum absolute atomic E-state index is 10.2. The van der Waals surface area contributed by atoms with Crippen molar-refractivity contribution in [3.63, 3.8) is 0 Å². The van der Waals surface area contributed by atoms with E-state index in [0.29, 0.717) is 24.7 Å². The number of rotatable bonds is 2. The van der Waals surface area contributed by atoms with Gasteiger partial charge in [0.05, 0.1) is 12.2 Å². The molecule has 2 N–H and O–H groups in total. The fourth-order valence-electron chi connectivity index (χ4n) is 3.33. The second kappa shape index (κ2) is 13.3. The van der Waals surface area contributed by atoms with Gasteiger partial charge in [-0.2, -0.15) is 0 Å². The van der Waals surface area contributed by atoms with E-state index < -0.39 is 0 Å². The fourth-order valence-corrected chi connectivity index (χ4v) is 3.33. The Kier molecular flexibility index (Phi) is 11.7. The Bertz CT molecular complexity index is 321. The molecule has 2 saturated carbocycles. The molecule has 3 rings (SSSR count). The summed E-state index contributed by atoms with van der Waals surface area (Å²) in [6, 6.07) is 0. The molecule has 0 aromatic rings. The molecule has 2 fully saturated rings. The van der Waals surface area contributed by atoms with Crippen LogP contribution in [0.2, 0.25) is 0 Å². The van der Waals surface area contributed by atoms with E-state index in [-0.39, 0.29) is 12.2 Å². The van der Waals surface area contributed by atoms with Gasteiger partial charge in [-0.25, -0.2) is 0 Å². The zero-order valence-electron chi connectivity index (χ0n) is 14.8. The average Bonchev–Trinajstić information content (AvgIpc) is 2.66. The number of aldehydes is 2. The van der Waals surface area contributed by atoms with Crippen molar-refractivity contribution in [3.8, 4) is 0 Å². The summed E-state index contributed by atoms with van der Waals surface area (Å²) < 4.78 is 0. The normalized spacial score (nSPS) is 27.9. The monoisotopic (exact) mass is 338 g/mol. The van der Waals surface area contributed by atoms with E-state index in [1.54, 1.807) is 12.2 Å². The molecule has 2 unspecified atom stereocenters. The van der Waals surface area contributed by atoms with E-state index in [4.69, 9.17) is 10.2 Å². The summed E-state index contributed by atoms with van der Waals surface area (Å²) in [5, 5.41) is 17.7. The van der Waals surface area contributed by atoms with Crippen molar-refractivity contribution >= 4 is 12.6 Å². The molecule has 0 spiro atoms. The van der Waals surface area contributed by atoms with Crippen LogP contribution >= 0.6 is 0 Å². The van der Waals surface area contributed by atoms with Crippen LogP contribution < -0.4 is 0 Å². The van der Waals surface area contributed by atoms with Gasteiger partial charge < -0.3 is 19.8 Å². The van der Waals surface area contributed by atoms with Crippen LogP contribution in [0.4, 0.5) is 0 Å². The molecule has 0 heterocycles. The molecular formula is C20H34O4. The number of hydrogen-bond donors (Lipinski definition) is 2. The molecule has 0 saturated heterocycles. The van der Waals surface area contributed by atoms with E-state index >= 15 is 0 Å². The highest BCUT2D eigenvalue weighted by atomic mass is 16.3. The van der Waals surface area contributed by atoms with Crippen molar-refractivity contribution in [3.05, 3.63) is 12.2 Å². The molecule has 138 valence electrons. The van der Waals surface area contributed by atoms with Gasteiger partial charge in [0.15, 0.2) is 0 Å². The van der Waals surface area contributed by atoms with Crippen LogP contribution in [0.1, 0.15) is 77.0 Å². The van der Waals surface area contributed by atoms with Crippen LogP contribution in [0, 0.1) is 11.8 Å². The third kappa shape index (κ3) is 9.99. The maximum atomic E-state index is 10.2. The Morgan fingerprint density at radius 3 is 1.12 bits per heavy atom. The molecular weight excluding hydrogens is 304 g/mol. The lowest BCUT2D eigenvalue weighted by molar-refractivity contribution is -0.112. The van der Waals surface area contributed by atoms with Crippen LogP contribution in [0.25, 0.3) is 0 Å². The van der Waals surface area contributed by atoms with E-state index in [9.17, 15) is 9.59 Å². The van der Waals surface area contributed by atoms with Gasteiger partial charge in [0, 0.05) is 11.8 Å². The lowest BCUT2D eigenvalue weighted by atomic mass is 9.91. The molecule has 0 radical (unpaired) electrons. The van der Waals surface area contributed by atoms with Crippen molar-refractivity contribution < 1.29 is 19.8 Å². The van der Waals surface area contributed by atoms with Crippen molar-refractivity contribution in [2.45, 2.75) is 89.3 Å². The van der Waals surface area contributed by atoms with E-state index in [0.717, 1.165) is 38.3 Å². The summed E-state index contributed by atoms with van der Waals surface area (Å²) in [5.41, 5.74) is 0. The molecule has 0 aliphatic heterocycles. The smallest absolute Gasteiger partial charge is 0.123 e. The van der Waals surface area contributed by atoms with Gasteiger partial charge in [0.2, 0.25) is 0 Å². The van der Waals surface area contributed by atoms with Crippen molar-refractivity contribution in [1.82, 2.24) is 0 Å². The van der Waals surface area contributed by atoms with Crippen molar-refractivity contribution in [2.75, 3.05) is 0 Å². The third-order valence-electron chi connectivity index (χ3n) is 5.00. The fraction of sp³-hybridized carbons (Fsp3) is 0.800. The van der Waals surface area contributed by atoms with E-state index in [1.807, 2.05) is 0 Å². The largest absolute Gasteiger partial charge is 0.389 e. The standard InChI is InChI=1S/2C7H12O.C6H10O2/c2*8-6-7-4-2-1-3-5-7;7-5-1-2-6(8)4-3-5/h2*6-7H,1-5H2;1-2,5-8H,3-4H2. The summed E-state index contributed by atoms with van der Waals surface area (Å²) in [6.45, 7) is 0. The zero-order valence-corrected chi connectivity index (χ0v) is 14.8. The first-order valence-corrected chi connectivity index (χ1v) is 9.60. The van der Waals surface area contributed by atoms with Crippen LogP contribution in [0.15, 0.2) is 12.2 Å². The Morgan fingerprint density at radius 2 is 0.917 bits per heavy atom. The highest BCUT2D eigenvalue weighted by Gasteiger charge is 2.11. The first-order chi connectivity index (χ1) is 11.7. The van der Waals surface area contributed by atoms with Gasteiger partial charge in [-0.15, -0.1) is 0 Å². The summed E-state index contributed by atoms with van der Waals surface area (Å²) >= 11 is 0. The lowest BCUT2D eigenvalue weighted by Gasteiger charge is -2.14. The third-order valence-corrected chi connectivity index (χ3v) is 5.00. The number of hydrogen-bond acceptors (Lipinski definition) is 4. The minimum atomic E-state index is -0.321. The van der Waals surface area contributed by atoms with Gasteiger partial charge in [-0.3, -0.25) is 0 Å². The van der Waals surface area contributed by atoms with Gasteiger partial charge in [-0.05, 0) is 38.5 Å². The predicted molar refractivity (Wildman–Crippen MR) is 95.7 cm³/mol. The molecule has 24 heavy (non-hydrogen) atoms. The molecule has 3 aliphatic rings. The molecule has 0 amide bonds. The first kappa shape index (κ1) is 21.0. The number of carbonyl (C=O) groups excluding carboxylic acids is 2. The molecule has 4 nitrogen and oxygen atoms in total.